The molecule has 0 saturated heterocycles. The maximum Gasteiger partial charge on any atom is 0.328 e. The van der Waals surface area contributed by atoms with Crippen LogP contribution in [0.15, 0.2) is 28.7 Å². The fraction of sp³-hybridized carbons (Fsp3) is 0.231. The Morgan fingerprint density at radius 3 is 2.79 bits per heavy atom. The summed E-state index contributed by atoms with van der Waals surface area (Å²) < 4.78 is 18.6. The Morgan fingerprint density at radius 1 is 1.47 bits per heavy atom. The van der Waals surface area contributed by atoms with Gasteiger partial charge in [0.2, 0.25) is 5.91 Å². The fourth-order valence-electron chi connectivity index (χ4n) is 1.30. The van der Waals surface area contributed by atoms with E-state index in [4.69, 9.17) is 0 Å². The molecule has 0 saturated carbocycles. The average molecular weight is 330 g/mol. The Bertz CT molecular complexity index is 517. The van der Waals surface area contributed by atoms with E-state index in [1.807, 2.05) is 0 Å². The maximum atomic E-state index is 13.4. The first kappa shape index (κ1) is 15.4. The molecule has 1 aromatic carbocycles. The van der Waals surface area contributed by atoms with E-state index in [-0.39, 0.29) is 5.56 Å². The van der Waals surface area contributed by atoms with Gasteiger partial charge in [-0.2, -0.15) is 0 Å². The van der Waals surface area contributed by atoms with Gasteiger partial charge in [-0.05, 0) is 31.2 Å². The second-order valence-electron chi connectivity index (χ2n) is 3.75. The summed E-state index contributed by atoms with van der Waals surface area (Å²) in [5.41, 5.74) is 0.273. The molecule has 0 heterocycles. The van der Waals surface area contributed by atoms with Crippen LogP contribution in [0.2, 0.25) is 0 Å². The zero-order valence-corrected chi connectivity index (χ0v) is 12.0. The average Bonchev–Trinajstić information content (AvgIpc) is 2.38. The monoisotopic (exact) mass is 329 g/mol. The minimum atomic E-state index is -0.755. The number of nitrogens with one attached hydrogen (secondary N) is 1. The lowest BCUT2D eigenvalue weighted by Gasteiger charge is -2.09. The molecule has 0 fully saturated rings. The van der Waals surface area contributed by atoms with Crippen LogP contribution in [0.25, 0.3) is 6.08 Å². The lowest BCUT2D eigenvalue weighted by atomic mass is 10.2. The Labute approximate surface area is 118 Å². The normalized spacial score (nSPS) is 12.2. The van der Waals surface area contributed by atoms with Gasteiger partial charge >= 0.3 is 5.97 Å². The molecule has 0 bridgehead atoms. The molecule has 4 nitrogen and oxygen atoms in total. The van der Waals surface area contributed by atoms with E-state index in [1.54, 1.807) is 12.1 Å². The third-order valence-electron chi connectivity index (χ3n) is 2.29. The van der Waals surface area contributed by atoms with Crippen molar-refractivity contribution in [2.24, 2.45) is 0 Å². The van der Waals surface area contributed by atoms with Crippen LogP contribution in [-0.2, 0) is 14.3 Å². The predicted octanol–water partition coefficient (Wildman–Crippen LogP) is 2.28. The lowest BCUT2D eigenvalue weighted by molar-refractivity contribution is -0.144. The summed E-state index contributed by atoms with van der Waals surface area (Å²) in [7, 11) is 1.23. The van der Waals surface area contributed by atoms with Crippen LogP contribution < -0.4 is 5.32 Å². The number of benzene rings is 1. The molecule has 0 aliphatic heterocycles. The number of carbonyl (C=O) groups excluding carboxylic acids is 2. The minimum absolute atomic E-state index is 0.273. The van der Waals surface area contributed by atoms with Gasteiger partial charge in [-0.15, -0.1) is 0 Å². The number of ether oxygens (including phenoxy) is 1. The van der Waals surface area contributed by atoms with Gasteiger partial charge in [-0.3, -0.25) is 4.79 Å². The van der Waals surface area contributed by atoms with Crippen LogP contribution in [-0.4, -0.2) is 25.0 Å². The zero-order valence-electron chi connectivity index (χ0n) is 10.4. The van der Waals surface area contributed by atoms with E-state index in [1.165, 1.54) is 26.2 Å². The standard InChI is InChI=1S/C13H13BrFNO3/c1-8(13(18)19-2)16-12(17)6-3-9-7-10(14)4-5-11(9)15/h3-8H,1-2H3,(H,16,17)/b6-3-/t8-/m0/s1. The van der Waals surface area contributed by atoms with E-state index in [2.05, 4.69) is 26.0 Å². The van der Waals surface area contributed by atoms with Crippen LogP contribution in [0.4, 0.5) is 4.39 Å². The number of rotatable bonds is 4. The SMILES string of the molecule is COC(=O)[C@H](C)NC(=O)/C=C\c1cc(Br)ccc1F. The molecule has 1 amide bonds. The van der Waals surface area contributed by atoms with Crippen LogP contribution in [0.1, 0.15) is 12.5 Å². The summed E-state index contributed by atoms with van der Waals surface area (Å²) in [4.78, 5) is 22.6. The van der Waals surface area contributed by atoms with Gasteiger partial charge in [0.1, 0.15) is 11.9 Å². The lowest BCUT2D eigenvalue weighted by Crippen LogP contribution is -2.38. The van der Waals surface area contributed by atoms with Crippen LogP contribution >= 0.6 is 15.9 Å². The van der Waals surface area contributed by atoms with Crippen molar-refractivity contribution in [3.63, 3.8) is 0 Å². The topological polar surface area (TPSA) is 55.4 Å². The van der Waals surface area contributed by atoms with Crippen molar-refractivity contribution in [1.82, 2.24) is 5.32 Å². The zero-order chi connectivity index (χ0) is 14.4. The van der Waals surface area contributed by atoms with Crippen molar-refractivity contribution in [3.05, 3.63) is 40.1 Å². The summed E-state index contributed by atoms with van der Waals surface area (Å²) in [5, 5.41) is 2.40. The maximum absolute atomic E-state index is 13.4. The second kappa shape index (κ2) is 7.04. The van der Waals surface area contributed by atoms with E-state index in [0.29, 0.717) is 4.47 Å². The van der Waals surface area contributed by atoms with Crippen LogP contribution in [0, 0.1) is 5.82 Å². The van der Waals surface area contributed by atoms with Crippen molar-refractivity contribution in [3.8, 4) is 0 Å². The summed E-state index contributed by atoms with van der Waals surface area (Å²) in [6.07, 6.45) is 2.49. The largest absolute Gasteiger partial charge is 0.467 e. The first-order chi connectivity index (χ1) is 8.93. The molecule has 0 radical (unpaired) electrons. The van der Waals surface area contributed by atoms with Gasteiger partial charge in [0.05, 0.1) is 7.11 Å². The number of halogens is 2. The summed E-state index contributed by atoms with van der Waals surface area (Å²) >= 11 is 3.21. The fourth-order valence-corrected chi connectivity index (χ4v) is 1.68. The molecule has 1 atom stereocenters. The van der Waals surface area contributed by atoms with Crippen molar-refractivity contribution in [2.75, 3.05) is 7.11 Å². The molecular formula is C13H13BrFNO3. The molecule has 0 aliphatic rings. The Kier molecular flexibility index (Phi) is 5.69. The molecule has 1 N–H and O–H groups in total. The summed E-state index contributed by atoms with van der Waals surface area (Å²) in [5.74, 6) is -1.49. The number of carbonyl (C=O) groups is 2. The number of esters is 1. The Morgan fingerprint density at radius 2 is 2.16 bits per heavy atom. The molecular weight excluding hydrogens is 317 g/mol. The van der Waals surface area contributed by atoms with Gasteiger partial charge in [0.25, 0.3) is 0 Å². The highest BCUT2D eigenvalue weighted by atomic mass is 79.9. The first-order valence-electron chi connectivity index (χ1n) is 5.45. The number of methoxy groups -OCH3 is 1. The highest BCUT2D eigenvalue weighted by Crippen LogP contribution is 2.16. The van der Waals surface area contributed by atoms with E-state index < -0.39 is 23.7 Å². The number of hydrogen-bond acceptors (Lipinski definition) is 3. The van der Waals surface area contributed by atoms with Gasteiger partial charge in [-0.25, -0.2) is 9.18 Å². The molecule has 6 heteroatoms. The minimum Gasteiger partial charge on any atom is -0.467 e. The van der Waals surface area contributed by atoms with Crippen molar-refractivity contribution in [1.29, 1.82) is 0 Å². The Hall–Kier alpha value is -1.69. The molecule has 19 heavy (non-hydrogen) atoms. The van der Waals surface area contributed by atoms with Crippen LogP contribution in [0.5, 0.6) is 0 Å². The first-order valence-corrected chi connectivity index (χ1v) is 6.25. The van der Waals surface area contributed by atoms with Crippen LogP contribution in [0.3, 0.4) is 0 Å². The van der Waals surface area contributed by atoms with Gasteiger partial charge in [0.15, 0.2) is 0 Å². The van der Waals surface area contributed by atoms with E-state index in [9.17, 15) is 14.0 Å². The third kappa shape index (κ3) is 4.82. The van der Waals surface area contributed by atoms with Crippen molar-refractivity contribution in [2.45, 2.75) is 13.0 Å². The number of hydrogen-bond donors (Lipinski definition) is 1. The number of amides is 1. The molecule has 1 aromatic rings. The van der Waals surface area contributed by atoms with Gasteiger partial charge in [0, 0.05) is 16.1 Å². The third-order valence-corrected chi connectivity index (χ3v) is 2.78. The molecule has 0 aliphatic carbocycles. The highest BCUT2D eigenvalue weighted by molar-refractivity contribution is 9.10. The van der Waals surface area contributed by atoms with Crippen molar-refractivity contribution < 1.29 is 18.7 Å². The predicted molar refractivity (Wildman–Crippen MR) is 72.8 cm³/mol. The molecule has 0 aromatic heterocycles. The quantitative estimate of drug-likeness (QED) is 0.681. The van der Waals surface area contributed by atoms with Crippen molar-refractivity contribution >= 4 is 33.9 Å². The van der Waals surface area contributed by atoms with Gasteiger partial charge < -0.3 is 10.1 Å². The molecule has 0 spiro atoms. The molecule has 1 rings (SSSR count). The summed E-state index contributed by atoms with van der Waals surface area (Å²) in [6.45, 7) is 1.50. The smallest absolute Gasteiger partial charge is 0.328 e. The van der Waals surface area contributed by atoms with E-state index >= 15 is 0 Å². The van der Waals surface area contributed by atoms with E-state index in [0.717, 1.165) is 6.08 Å². The highest BCUT2D eigenvalue weighted by Gasteiger charge is 2.13. The molecule has 102 valence electrons. The van der Waals surface area contributed by atoms with Gasteiger partial charge in [-0.1, -0.05) is 15.9 Å². The second-order valence-corrected chi connectivity index (χ2v) is 4.67. The Balaban J connectivity index is 2.68. The summed E-state index contributed by atoms with van der Waals surface area (Å²) in [6, 6.07) is 3.64. The molecule has 0 unspecified atom stereocenters.